The molecule has 82 valence electrons. The van der Waals surface area contributed by atoms with Crippen LogP contribution in [0.1, 0.15) is 5.56 Å². The number of aryl methyl sites for hydroxylation is 1. The summed E-state index contributed by atoms with van der Waals surface area (Å²) in [5, 5.41) is 0.449. The van der Waals surface area contributed by atoms with Crippen LogP contribution in [-0.2, 0) is 0 Å². The number of nitrogens with zero attached hydrogens (tertiary/aromatic N) is 3. The molecule has 0 atom stereocenters. The van der Waals surface area contributed by atoms with Gasteiger partial charge < -0.3 is 4.90 Å². The standard InChI is InChI=1S/C12H12ClN3/c1-9-4-3-5-10(6-9)16(2)12-7-11(13)14-8-15-12/h3-8H,1-2H3. The maximum atomic E-state index is 5.83. The lowest BCUT2D eigenvalue weighted by Gasteiger charge is -2.18. The first-order valence-electron chi connectivity index (χ1n) is 4.95. The second-order valence-corrected chi connectivity index (χ2v) is 3.98. The van der Waals surface area contributed by atoms with E-state index in [-0.39, 0.29) is 0 Å². The second kappa shape index (κ2) is 4.49. The molecular formula is C12H12ClN3. The Hall–Kier alpha value is -1.61. The molecule has 0 spiro atoms. The fourth-order valence-corrected chi connectivity index (χ4v) is 1.62. The first kappa shape index (κ1) is 10.9. The largest absolute Gasteiger partial charge is 0.329 e. The average Bonchev–Trinajstić information content (AvgIpc) is 2.28. The lowest BCUT2D eigenvalue weighted by Crippen LogP contribution is -2.11. The van der Waals surface area contributed by atoms with Gasteiger partial charge in [-0.25, -0.2) is 9.97 Å². The minimum atomic E-state index is 0.449. The Kier molecular flexibility index (Phi) is 3.06. The van der Waals surface area contributed by atoms with Gasteiger partial charge in [0.05, 0.1) is 0 Å². The van der Waals surface area contributed by atoms with Crippen LogP contribution in [0.25, 0.3) is 0 Å². The molecule has 0 N–H and O–H groups in total. The van der Waals surface area contributed by atoms with Gasteiger partial charge in [0.15, 0.2) is 0 Å². The van der Waals surface area contributed by atoms with Crippen molar-refractivity contribution in [2.45, 2.75) is 6.92 Å². The Morgan fingerprint density at radius 1 is 1.19 bits per heavy atom. The van der Waals surface area contributed by atoms with Gasteiger partial charge in [-0.05, 0) is 24.6 Å². The van der Waals surface area contributed by atoms with Crippen LogP contribution in [0.15, 0.2) is 36.7 Å². The second-order valence-electron chi connectivity index (χ2n) is 3.60. The first-order chi connectivity index (χ1) is 7.66. The van der Waals surface area contributed by atoms with E-state index in [0.717, 1.165) is 11.5 Å². The van der Waals surface area contributed by atoms with Gasteiger partial charge in [0.1, 0.15) is 17.3 Å². The van der Waals surface area contributed by atoms with Crippen molar-refractivity contribution in [3.05, 3.63) is 47.4 Å². The number of aromatic nitrogens is 2. The minimum Gasteiger partial charge on any atom is -0.329 e. The van der Waals surface area contributed by atoms with E-state index in [9.17, 15) is 0 Å². The van der Waals surface area contributed by atoms with E-state index >= 15 is 0 Å². The van der Waals surface area contributed by atoms with Crippen molar-refractivity contribution in [3.8, 4) is 0 Å². The molecule has 0 radical (unpaired) electrons. The summed E-state index contributed by atoms with van der Waals surface area (Å²) in [7, 11) is 1.95. The summed E-state index contributed by atoms with van der Waals surface area (Å²) in [6.45, 7) is 2.06. The molecule has 0 aliphatic heterocycles. The highest BCUT2D eigenvalue weighted by Crippen LogP contribution is 2.23. The number of benzene rings is 1. The summed E-state index contributed by atoms with van der Waals surface area (Å²) in [6.07, 6.45) is 1.46. The van der Waals surface area contributed by atoms with Crippen molar-refractivity contribution in [3.63, 3.8) is 0 Å². The molecule has 0 fully saturated rings. The van der Waals surface area contributed by atoms with Gasteiger partial charge in [-0.3, -0.25) is 0 Å². The van der Waals surface area contributed by atoms with Gasteiger partial charge in [-0.2, -0.15) is 0 Å². The van der Waals surface area contributed by atoms with Crippen molar-refractivity contribution in [2.75, 3.05) is 11.9 Å². The SMILES string of the molecule is Cc1cccc(N(C)c2cc(Cl)ncn2)c1. The molecule has 0 saturated heterocycles. The molecule has 4 heteroatoms. The molecule has 2 aromatic rings. The Morgan fingerprint density at radius 3 is 2.69 bits per heavy atom. The zero-order chi connectivity index (χ0) is 11.5. The number of rotatable bonds is 2. The van der Waals surface area contributed by atoms with Crippen LogP contribution < -0.4 is 4.90 Å². The molecule has 0 unspecified atom stereocenters. The summed E-state index contributed by atoms with van der Waals surface area (Å²) >= 11 is 5.83. The molecule has 16 heavy (non-hydrogen) atoms. The molecule has 3 nitrogen and oxygen atoms in total. The van der Waals surface area contributed by atoms with Gasteiger partial charge >= 0.3 is 0 Å². The van der Waals surface area contributed by atoms with Gasteiger partial charge in [-0.15, -0.1) is 0 Å². The molecular weight excluding hydrogens is 222 g/mol. The van der Waals surface area contributed by atoms with Crippen molar-refractivity contribution >= 4 is 23.1 Å². The quantitative estimate of drug-likeness (QED) is 0.746. The lowest BCUT2D eigenvalue weighted by atomic mass is 10.2. The minimum absolute atomic E-state index is 0.449. The maximum absolute atomic E-state index is 5.83. The van der Waals surface area contributed by atoms with Gasteiger partial charge in [0, 0.05) is 18.8 Å². The molecule has 0 aliphatic carbocycles. The summed E-state index contributed by atoms with van der Waals surface area (Å²) in [5.74, 6) is 0.783. The summed E-state index contributed by atoms with van der Waals surface area (Å²) in [6, 6.07) is 9.94. The highest BCUT2D eigenvalue weighted by molar-refractivity contribution is 6.29. The normalized spacial score (nSPS) is 10.2. The Bertz CT molecular complexity index is 454. The van der Waals surface area contributed by atoms with Crippen LogP contribution in [0.3, 0.4) is 0 Å². The van der Waals surface area contributed by atoms with Crippen molar-refractivity contribution in [1.29, 1.82) is 0 Å². The third-order valence-corrected chi connectivity index (χ3v) is 2.56. The van der Waals surface area contributed by atoms with E-state index < -0.39 is 0 Å². The van der Waals surface area contributed by atoms with Crippen molar-refractivity contribution in [1.82, 2.24) is 9.97 Å². The summed E-state index contributed by atoms with van der Waals surface area (Å²) < 4.78 is 0. The molecule has 2 rings (SSSR count). The van der Waals surface area contributed by atoms with Crippen LogP contribution in [0.2, 0.25) is 5.15 Å². The molecule has 0 aliphatic rings. The summed E-state index contributed by atoms with van der Waals surface area (Å²) in [5.41, 5.74) is 2.29. The van der Waals surface area contributed by atoms with E-state index in [0.29, 0.717) is 5.15 Å². The Labute approximate surface area is 99.7 Å². The third kappa shape index (κ3) is 2.31. The van der Waals surface area contributed by atoms with Crippen LogP contribution >= 0.6 is 11.6 Å². The number of hydrogen-bond acceptors (Lipinski definition) is 3. The molecule has 0 bridgehead atoms. The highest BCUT2D eigenvalue weighted by atomic mass is 35.5. The average molecular weight is 234 g/mol. The van der Waals surface area contributed by atoms with Gasteiger partial charge in [0.25, 0.3) is 0 Å². The molecule has 1 aromatic carbocycles. The van der Waals surface area contributed by atoms with Crippen molar-refractivity contribution in [2.24, 2.45) is 0 Å². The number of hydrogen-bond donors (Lipinski definition) is 0. The van der Waals surface area contributed by atoms with Crippen LogP contribution in [0.4, 0.5) is 11.5 Å². The maximum Gasteiger partial charge on any atom is 0.137 e. The van der Waals surface area contributed by atoms with E-state index in [1.165, 1.54) is 11.9 Å². The Morgan fingerprint density at radius 2 is 2.00 bits per heavy atom. The molecule has 1 aromatic heterocycles. The van der Waals surface area contributed by atoms with Crippen LogP contribution in [0, 0.1) is 6.92 Å². The molecule has 0 saturated carbocycles. The number of anilines is 2. The fourth-order valence-electron chi connectivity index (χ4n) is 1.48. The van der Waals surface area contributed by atoms with Crippen LogP contribution in [-0.4, -0.2) is 17.0 Å². The van der Waals surface area contributed by atoms with E-state index in [1.54, 1.807) is 6.07 Å². The van der Waals surface area contributed by atoms with Gasteiger partial charge in [0.2, 0.25) is 0 Å². The molecule has 0 amide bonds. The zero-order valence-electron chi connectivity index (χ0n) is 9.18. The third-order valence-electron chi connectivity index (χ3n) is 2.35. The predicted octanol–water partition coefficient (Wildman–Crippen LogP) is 3.21. The smallest absolute Gasteiger partial charge is 0.137 e. The van der Waals surface area contributed by atoms with Crippen LogP contribution in [0.5, 0.6) is 0 Å². The lowest BCUT2D eigenvalue weighted by molar-refractivity contribution is 1.08. The number of halogens is 1. The van der Waals surface area contributed by atoms with Crippen molar-refractivity contribution < 1.29 is 0 Å². The predicted molar refractivity (Wildman–Crippen MR) is 66.3 cm³/mol. The van der Waals surface area contributed by atoms with Gasteiger partial charge in [-0.1, -0.05) is 23.7 Å². The summed E-state index contributed by atoms with van der Waals surface area (Å²) in [4.78, 5) is 10.0. The van der Waals surface area contributed by atoms with E-state index in [1.807, 2.05) is 24.1 Å². The topological polar surface area (TPSA) is 29.0 Å². The first-order valence-corrected chi connectivity index (χ1v) is 5.32. The monoisotopic (exact) mass is 233 g/mol. The fraction of sp³-hybridized carbons (Fsp3) is 0.167. The van der Waals surface area contributed by atoms with E-state index in [4.69, 9.17) is 11.6 Å². The molecule has 1 heterocycles. The van der Waals surface area contributed by atoms with E-state index in [2.05, 4.69) is 29.0 Å². The zero-order valence-corrected chi connectivity index (χ0v) is 9.94. The Balaban J connectivity index is 2.35. The highest BCUT2D eigenvalue weighted by Gasteiger charge is 2.05.